The lowest BCUT2D eigenvalue weighted by atomic mass is 10.1. The Morgan fingerprint density at radius 3 is 2.40 bits per heavy atom. The largest absolute Gasteiger partial charge is 0.480 e. The number of nitrogens with one attached hydrogen (secondary N) is 1. The summed E-state index contributed by atoms with van der Waals surface area (Å²) in [4.78, 5) is 21.3. The summed E-state index contributed by atoms with van der Waals surface area (Å²) in [5, 5.41) is 11.0. The number of hydrogen-bond donors (Lipinski definition) is 3. The fourth-order valence-corrected chi connectivity index (χ4v) is 1.22. The van der Waals surface area contributed by atoms with Crippen molar-refractivity contribution in [3.63, 3.8) is 0 Å². The molecule has 0 aliphatic rings. The molecular weight excluding hydrogens is 196 g/mol. The van der Waals surface area contributed by atoms with E-state index in [4.69, 9.17) is 10.8 Å². The number of primary amides is 1. The third-order valence-electron chi connectivity index (χ3n) is 1.90. The number of nitrogens with two attached hydrogens (primary N) is 1. The Morgan fingerprint density at radius 1 is 1.33 bits per heavy atom. The summed E-state index contributed by atoms with van der Waals surface area (Å²) in [7, 11) is 0. The number of aliphatic carboxylic acids is 1. The molecule has 0 aliphatic heterocycles. The third kappa shape index (κ3) is 3.68. The first-order valence-corrected chi connectivity index (χ1v) is 4.42. The second kappa shape index (κ2) is 4.99. The zero-order valence-corrected chi connectivity index (χ0v) is 8.01. The highest BCUT2D eigenvalue weighted by Crippen LogP contribution is 2.03. The first-order chi connectivity index (χ1) is 7.09. The van der Waals surface area contributed by atoms with Crippen LogP contribution in [0.3, 0.4) is 0 Å². The smallest absolute Gasteiger partial charge is 0.326 e. The molecule has 1 atom stereocenters. The summed E-state index contributed by atoms with van der Waals surface area (Å²) in [6, 6.07) is 7.21. The van der Waals surface area contributed by atoms with E-state index in [0.29, 0.717) is 0 Å². The summed E-state index contributed by atoms with van der Waals surface area (Å²) in [6.45, 7) is 0. The van der Waals surface area contributed by atoms with Gasteiger partial charge in [-0.2, -0.15) is 0 Å². The zero-order chi connectivity index (χ0) is 11.3. The SMILES string of the molecule is NC(=O)NC(Cc1ccccc1)C(=O)O. The first kappa shape index (κ1) is 11.0. The van der Waals surface area contributed by atoms with Crippen LogP contribution < -0.4 is 11.1 Å². The Hall–Kier alpha value is -2.04. The highest BCUT2D eigenvalue weighted by atomic mass is 16.4. The molecule has 0 saturated heterocycles. The Morgan fingerprint density at radius 2 is 1.93 bits per heavy atom. The number of carbonyl (C=O) groups excluding carboxylic acids is 1. The van der Waals surface area contributed by atoms with Crippen LogP contribution in [0.5, 0.6) is 0 Å². The number of carboxylic acids is 1. The molecule has 1 aromatic rings. The number of carboxylic acid groups (broad SMARTS) is 1. The van der Waals surface area contributed by atoms with E-state index in [9.17, 15) is 9.59 Å². The fraction of sp³-hybridized carbons (Fsp3) is 0.200. The van der Waals surface area contributed by atoms with Gasteiger partial charge in [0, 0.05) is 6.42 Å². The minimum Gasteiger partial charge on any atom is -0.480 e. The highest BCUT2D eigenvalue weighted by Gasteiger charge is 2.18. The van der Waals surface area contributed by atoms with Gasteiger partial charge in [-0.1, -0.05) is 30.3 Å². The van der Waals surface area contributed by atoms with Crippen LogP contribution in [-0.4, -0.2) is 23.1 Å². The van der Waals surface area contributed by atoms with Crippen LogP contribution in [0, 0.1) is 0 Å². The Bertz CT molecular complexity index is 351. The number of hydrogen-bond acceptors (Lipinski definition) is 2. The molecule has 0 heterocycles. The average molecular weight is 208 g/mol. The predicted octanol–water partition coefficient (Wildman–Crippen LogP) is 0.351. The van der Waals surface area contributed by atoms with E-state index in [1.165, 1.54) is 0 Å². The molecule has 0 radical (unpaired) electrons. The summed E-state index contributed by atoms with van der Waals surface area (Å²) >= 11 is 0. The van der Waals surface area contributed by atoms with Crippen LogP contribution in [0.25, 0.3) is 0 Å². The molecule has 5 nitrogen and oxygen atoms in total. The standard InChI is InChI=1S/C10H12N2O3/c11-10(15)12-8(9(13)14)6-7-4-2-1-3-5-7/h1-5,8H,6H2,(H,13,14)(H3,11,12,15). The van der Waals surface area contributed by atoms with E-state index in [-0.39, 0.29) is 6.42 Å². The van der Waals surface area contributed by atoms with Crippen LogP contribution >= 0.6 is 0 Å². The summed E-state index contributed by atoms with van der Waals surface area (Å²) in [6.07, 6.45) is 0.221. The van der Waals surface area contributed by atoms with Crippen LogP contribution in [0.4, 0.5) is 4.79 Å². The molecule has 0 saturated carbocycles. The van der Waals surface area contributed by atoms with Gasteiger partial charge in [-0.25, -0.2) is 9.59 Å². The number of rotatable bonds is 4. The molecule has 80 valence electrons. The molecule has 0 spiro atoms. The zero-order valence-electron chi connectivity index (χ0n) is 8.01. The normalized spacial score (nSPS) is 11.7. The van der Waals surface area contributed by atoms with Crippen molar-refractivity contribution in [3.8, 4) is 0 Å². The van der Waals surface area contributed by atoms with E-state index in [1.54, 1.807) is 24.3 Å². The van der Waals surface area contributed by atoms with Crippen LogP contribution in [-0.2, 0) is 11.2 Å². The lowest BCUT2D eigenvalue weighted by Gasteiger charge is -2.12. The lowest BCUT2D eigenvalue weighted by Crippen LogP contribution is -2.44. The Labute approximate surface area is 86.9 Å². The maximum atomic E-state index is 10.8. The minimum atomic E-state index is -1.10. The van der Waals surface area contributed by atoms with Gasteiger partial charge in [-0.15, -0.1) is 0 Å². The maximum Gasteiger partial charge on any atom is 0.326 e. The number of urea groups is 1. The summed E-state index contributed by atoms with van der Waals surface area (Å²) < 4.78 is 0. The van der Waals surface area contributed by atoms with E-state index in [2.05, 4.69) is 5.32 Å². The van der Waals surface area contributed by atoms with Gasteiger partial charge >= 0.3 is 12.0 Å². The number of benzene rings is 1. The van der Waals surface area contributed by atoms with Crippen molar-refractivity contribution in [2.75, 3.05) is 0 Å². The number of carbonyl (C=O) groups is 2. The van der Waals surface area contributed by atoms with Crippen LogP contribution in [0.2, 0.25) is 0 Å². The van der Waals surface area contributed by atoms with E-state index in [0.717, 1.165) is 5.56 Å². The third-order valence-corrected chi connectivity index (χ3v) is 1.90. The van der Waals surface area contributed by atoms with Gasteiger partial charge in [0.05, 0.1) is 0 Å². The second-order valence-corrected chi connectivity index (χ2v) is 3.09. The van der Waals surface area contributed by atoms with Crippen molar-refractivity contribution in [3.05, 3.63) is 35.9 Å². The van der Waals surface area contributed by atoms with E-state index < -0.39 is 18.0 Å². The van der Waals surface area contributed by atoms with Gasteiger partial charge in [0.2, 0.25) is 0 Å². The quantitative estimate of drug-likeness (QED) is 0.666. The molecular formula is C10H12N2O3. The Kier molecular flexibility index (Phi) is 3.68. The number of amides is 2. The topological polar surface area (TPSA) is 92.4 Å². The molecule has 5 heteroatoms. The predicted molar refractivity (Wildman–Crippen MR) is 54.3 cm³/mol. The van der Waals surface area contributed by atoms with Gasteiger partial charge < -0.3 is 16.2 Å². The molecule has 4 N–H and O–H groups in total. The molecule has 0 fully saturated rings. The Balaban J connectivity index is 2.67. The van der Waals surface area contributed by atoms with Gasteiger partial charge in [-0.3, -0.25) is 0 Å². The molecule has 0 bridgehead atoms. The van der Waals surface area contributed by atoms with Crippen molar-refractivity contribution in [2.45, 2.75) is 12.5 Å². The molecule has 1 rings (SSSR count). The monoisotopic (exact) mass is 208 g/mol. The summed E-state index contributed by atoms with van der Waals surface area (Å²) in [5.41, 5.74) is 5.70. The van der Waals surface area contributed by atoms with Crippen molar-refractivity contribution < 1.29 is 14.7 Å². The van der Waals surface area contributed by atoms with Crippen molar-refractivity contribution in [1.82, 2.24) is 5.32 Å². The lowest BCUT2D eigenvalue weighted by molar-refractivity contribution is -0.139. The van der Waals surface area contributed by atoms with Crippen molar-refractivity contribution in [2.24, 2.45) is 5.73 Å². The summed E-state index contributed by atoms with van der Waals surface area (Å²) in [5.74, 6) is -1.10. The van der Waals surface area contributed by atoms with Crippen LogP contribution in [0.15, 0.2) is 30.3 Å². The maximum absolute atomic E-state index is 10.8. The molecule has 0 aliphatic carbocycles. The molecule has 2 amide bonds. The van der Waals surface area contributed by atoms with Crippen molar-refractivity contribution in [1.29, 1.82) is 0 Å². The molecule has 1 unspecified atom stereocenters. The second-order valence-electron chi connectivity index (χ2n) is 3.09. The fourth-order valence-electron chi connectivity index (χ4n) is 1.22. The minimum absolute atomic E-state index is 0.221. The average Bonchev–Trinajstić information content (AvgIpc) is 2.17. The van der Waals surface area contributed by atoms with Gasteiger partial charge in [0.1, 0.15) is 6.04 Å². The van der Waals surface area contributed by atoms with Crippen molar-refractivity contribution >= 4 is 12.0 Å². The highest BCUT2D eigenvalue weighted by molar-refractivity contribution is 5.81. The van der Waals surface area contributed by atoms with Gasteiger partial charge in [0.15, 0.2) is 0 Å². The van der Waals surface area contributed by atoms with Crippen LogP contribution in [0.1, 0.15) is 5.56 Å². The van der Waals surface area contributed by atoms with E-state index in [1.807, 2.05) is 6.07 Å². The molecule has 15 heavy (non-hydrogen) atoms. The van der Waals surface area contributed by atoms with Gasteiger partial charge in [-0.05, 0) is 5.56 Å². The molecule has 1 aromatic carbocycles. The van der Waals surface area contributed by atoms with E-state index >= 15 is 0 Å². The van der Waals surface area contributed by atoms with Gasteiger partial charge in [0.25, 0.3) is 0 Å². The first-order valence-electron chi connectivity index (χ1n) is 4.42. The molecule has 0 aromatic heterocycles.